The van der Waals surface area contributed by atoms with E-state index in [0.717, 1.165) is 17.7 Å². The van der Waals surface area contributed by atoms with Crippen molar-refractivity contribution in [2.75, 3.05) is 32.1 Å². The number of anilines is 1. The number of rotatable bonds is 6. The zero-order chi connectivity index (χ0) is 21.0. The van der Waals surface area contributed by atoms with Gasteiger partial charge in [-0.2, -0.15) is 10.5 Å². The van der Waals surface area contributed by atoms with Gasteiger partial charge in [-0.15, -0.1) is 0 Å². The number of nitrogens with zero attached hydrogens (tertiary/aromatic N) is 4. The van der Waals surface area contributed by atoms with E-state index in [1.165, 1.54) is 0 Å². The van der Waals surface area contributed by atoms with Crippen LogP contribution in [0, 0.1) is 34.3 Å². The first kappa shape index (κ1) is 20.9. The Kier molecular flexibility index (Phi) is 6.60. The Morgan fingerprint density at radius 3 is 2.59 bits per heavy atom. The smallest absolute Gasteiger partial charge is 0.149 e. The van der Waals surface area contributed by atoms with Crippen LogP contribution in [0.4, 0.5) is 14.6 Å². The molecular weight excluding hydrogens is 400 g/mol. The summed E-state index contributed by atoms with van der Waals surface area (Å²) >= 11 is 6.20. The zero-order valence-electron chi connectivity index (χ0n) is 15.7. The van der Waals surface area contributed by atoms with E-state index < -0.39 is 11.6 Å². The lowest BCUT2D eigenvalue weighted by molar-refractivity contribution is 0.210. The zero-order valence-corrected chi connectivity index (χ0v) is 16.5. The quantitative estimate of drug-likeness (QED) is 0.573. The standard InChI is InChI=1S/C20H18ClF2N5O/c1-29-5-3-26-20-13-2-4-28(10-15(13)14(9-25)19(21)27-20)11-16-17(22)6-12(8-24)7-18(16)23/h6-7H,2-5,10-11H2,1H3,(H,26,27). The summed E-state index contributed by atoms with van der Waals surface area (Å²) in [6, 6.07) is 5.86. The van der Waals surface area contributed by atoms with Crippen molar-refractivity contribution in [1.82, 2.24) is 9.88 Å². The minimum Gasteiger partial charge on any atom is -0.383 e. The molecule has 0 atom stereocenters. The molecule has 1 N–H and O–H groups in total. The van der Waals surface area contributed by atoms with Gasteiger partial charge in [0.25, 0.3) is 0 Å². The molecule has 9 heteroatoms. The molecule has 2 heterocycles. The largest absolute Gasteiger partial charge is 0.383 e. The molecule has 0 radical (unpaired) electrons. The van der Waals surface area contributed by atoms with Crippen LogP contribution in [0.15, 0.2) is 12.1 Å². The Hall–Kier alpha value is -2.78. The molecule has 2 aromatic rings. The van der Waals surface area contributed by atoms with Gasteiger partial charge in [0.1, 0.15) is 28.7 Å². The number of hydrogen-bond donors (Lipinski definition) is 1. The van der Waals surface area contributed by atoms with Gasteiger partial charge in [-0.05, 0) is 24.1 Å². The van der Waals surface area contributed by atoms with Crippen molar-refractivity contribution in [3.05, 3.63) is 56.7 Å². The van der Waals surface area contributed by atoms with E-state index >= 15 is 0 Å². The SMILES string of the molecule is COCCNc1nc(Cl)c(C#N)c2c1CCN(Cc1c(F)cc(C#N)cc1F)C2. The summed E-state index contributed by atoms with van der Waals surface area (Å²) in [7, 11) is 1.59. The molecule has 3 rings (SSSR count). The summed E-state index contributed by atoms with van der Waals surface area (Å²) < 4.78 is 33.6. The molecule has 0 saturated heterocycles. The Morgan fingerprint density at radius 1 is 1.24 bits per heavy atom. The molecular formula is C20H18ClF2N5O. The second kappa shape index (κ2) is 9.15. The van der Waals surface area contributed by atoms with Crippen LogP contribution in [0.2, 0.25) is 5.15 Å². The van der Waals surface area contributed by atoms with E-state index in [1.807, 2.05) is 4.90 Å². The maximum Gasteiger partial charge on any atom is 0.149 e. The minimum atomic E-state index is -0.762. The van der Waals surface area contributed by atoms with Gasteiger partial charge in [-0.1, -0.05) is 11.6 Å². The summed E-state index contributed by atoms with van der Waals surface area (Å²) in [4.78, 5) is 6.13. The summed E-state index contributed by atoms with van der Waals surface area (Å²) in [5.74, 6) is -0.929. The van der Waals surface area contributed by atoms with Crippen molar-refractivity contribution >= 4 is 17.4 Å². The molecule has 6 nitrogen and oxygen atoms in total. The number of aromatic nitrogens is 1. The van der Waals surface area contributed by atoms with Crippen molar-refractivity contribution < 1.29 is 13.5 Å². The second-order valence-corrected chi connectivity index (χ2v) is 6.96. The number of benzene rings is 1. The number of nitrogens with one attached hydrogen (secondary N) is 1. The highest BCUT2D eigenvalue weighted by Crippen LogP contribution is 2.32. The molecule has 150 valence electrons. The average molecular weight is 418 g/mol. The molecule has 0 bridgehead atoms. The topological polar surface area (TPSA) is 85.0 Å². The number of pyridine rings is 1. The molecule has 0 unspecified atom stereocenters. The van der Waals surface area contributed by atoms with E-state index in [2.05, 4.69) is 16.4 Å². The number of hydrogen-bond acceptors (Lipinski definition) is 6. The first-order valence-electron chi connectivity index (χ1n) is 8.93. The van der Waals surface area contributed by atoms with Crippen LogP contribution in [-0.2, 0) is 24.2 Å². The third-order valence-corrected chi connectivity index (χ3v) is 5.06. The third-order valence-electron chi connectivity index (χ3n) is 4.79. The van der Waals surface area contributed by atoms with Gasteiger partial charge in [0.05, 0.1) is 23.8 Å². The Bertz CT molecular complexity index is 992. The van der Waals surface area contributed by atoms with Gasteiger partial charge >= 0.3 is 0 Å². The number of halogens is 3. The number of nitriles is 2. The van der Waals surface area contributed by atoms with Gasteiger partial charge in [-0.3, -0.25) is 4.90 Å². The van der Waals surface area contributed by atoms with Gasteiger partial charge in [0.15, 0.2) is 0 Å². The van der Waals surface area contributed by atoms with Gasteiger partial charge < -0.3 is 10.1 Å². The van der Waals surface area contributed by atoms with E-state index in [0.29, 0.717) is 44.0 Å². The number of fused-ring (bicyclic) bond motifs is 1. The highest BCUT2D eigenvalue weighted by molar-refractivity contribution is 6.30. The highest BCUT2D eigenvalue weighted by atomic mass is 35.5. The second-order valence-electron chi connectivity index (χ2n) is 6.61. The van der Waals surface area contributed by atoms with Crippen LogP contribution in [0.25, 0.3) is 0 Å². The highest BCUT2D eigenvalue weighted by Gasteiger charge is 2.26. The Morgan fingerprint density at radius 2 is 1.97 bits per heavy atom. The van der Waals surface area contributed by atoms with Gasteiger partial charge in [0.2, 0.25) is 0 Å². The van der Waals surface area contributed by atoms with Crippen LogP contribution >= 0.6 is 11.6 Å². The van der Waals surface area contributed by atoms with E-state index in [1.54, 1.807) is 13.2 Å². The van der Waals surface area contributed by atoms with Crippen molar-refractivity contribution in [1.29, 1.82) is 10.5 Å². The average Bonchev–Trinajstić information content (AvgIpc) is 2.70. The van der Waals surface area contributed by atoms with Crippen molar-refractivity contribution in [3.63, 3.8) is 0 Å². The van der Waals surface area contributed by atoms with Gasteiger partial charge in [0, 0.05) is 44.4 Å². The van der Waals surface area contributed by atoms with Crippen LogP contribution < -0.4 is 5.32 Å². The van der Waals surface area contributed by atoms with Gasteiger partial charge in [-0.25, -0.2) is 13.8 Å². The lowest BCUT2D eigenvalue weighted by Crippen LogP contribution is -2.32. The fourth-order valence-electron chi connectivity index (χ4n) is 3.36. The summed E-state index contributed by atoms with van der Waals surface area (Å²) in [6.07, 6.45) is 0.545. The van der Waals surface area contributed by atoms with Crippen molar-refractivity contribution in [2.24, 2.45) is 0 Å². The maximum absolute atomic E-state index is 14.3. The molecule has 0 fully saturated rings. The summed E-state index contributed by atoms with van der Waals surface area (Å²) in [5.41, 5.74) is 1.67. The molecule has 0 saturated carbocycles. The number of ether oxygens (including phenoxy) is 1. The van der Waals surface area contributed by atoms with Crippen LogP contribution in [0.3, 0.4) is 0 Å². The van der Waals surface area contributed by atoms with Crippen molar-refractivity contribution in [3.8, 4) is 12.1 Å². The maximum atomic E-state index is 14.3. The number of methoxy groups -OCH3 is 1. The monoisotopic (exact) mass is 417 g/mol. The summed E-state index contributed by atoms with van der Waals surface area (Å²) in [5, 5.41) is 21.6. The Labute approximate surface area is 172 Å². The fourth-order valence-corrected chi connectivity index (χ4v) is 3.61. The van der Waals surface area contributed by atoms with Crippen LogP contribution in [0.1, 0.15) is 27.8 Å². The lowest BCUT2D eigenvalue weighted by atomic mass is 9.96. The minimum absolute atomic E-state index is 0.0140. The van der Waals surface area contributed by atoms with E-state index in [4.69, 9.17) is 21.6 Å². The first-order valence-corrected chi connectivity index (χ1v) is 9.30. The predicted octanol–water partition coefficient (Wildman–Crippen LogP) is 3.37. The molecule has 0 spiro atoms. The normalized spacial score (nSPS) is 13.4. The van der Waals surface area contributed by atoms with Crippen molar-refractivity contribution in [2.45, 2.75) is 19.5 Å². The van der Waals surface area contributed by atoms with Crippen LogP contribution in [-0.4, -0.2) is 36.7 Å². The van der Waals surface area contributed by atoms with E-state index in [-0.39, 0.29) is 28.4 Å². The summed E-state index contributed by atoms with van der Waals surface area (Å²) in [6.45, 7) is 1.86. The molecule has 1 aliphatic heterocycles. The molecule has 0 amide bonds. The molecule has 0 aliphatic carbocycles. The first-order chi connectivity index (χ1) is 14.0. The molecule has 29 heavy (non-hydrogen) atoms. The van der Waals surface area contributed by atoms with Crippen LogP contribution in [0.5, 0.6) is 0 Å². The predicted molar refractivity (Wildman–Crippen MR) is 103 cm³/mol. The van der Waals surface area contributed by atoms with E-state index in [9.17, 15) is 14.0 Å². The third kappa shape index (κ3) is 4.46. The molecule has 1 aliphatic rings. The fraction of sp³-hybridized carbons (Fsp3) is 0.350. The molecule has 1 aromatic carbocycles. The Balaban J connectivity index is 1.89. The molecule has 1 aromatic heterocycles. The lowest BCUT2D eigenvalue weighted by Gasteiger charge is -2.31.